The van der Waals surface area contributed by atoms with Crippen molar-refractivity contribution in [1.82, 2.24) is 12.3 Å². The molecule has 0 unspecified atom stereocenters. The molecule has 0 saturated heterocycles. The quantitative estimate of drug-likeness (QED) is 0.637. The second kappa shape index (κ2) is 1.82. The summed E-state index contributed by atoms with van der Waals surface area (Å²) >= 11 is -11.3. The minimum Gasteiger partial charge on any atom is -0.369 e. The van der Waals surface area contributed by atoms with Gasteiger partial charge in [-0.2, -0.15) is 0 Å². The molecular formula is H8F6N2Re. The minimum atomic E-state index is -11.3. The Bertz CT molecular complexity index is 69.6. The first-order valence-corrected chi connectivity index (χ1v) is 7.02. The average Bonchev–Trinajstić information content (AvgIpc) is 0.592. The fourth-order valence-corrected chi connectivity index (χ4v) is 0. The molecule has 0 bridgehead atoms. The maximum Gasteiger partial charge on any atom is -0.369 e. The molecule has 0 spiro atoms. The van der Waals surface area contributed by atoms with E-state index in [0.29, 0.717) is 0 Å². The summed E-state index contributed by atoms with van der Waals surface area (Å²) in [5, 5.41) is 0. The Morgan fingerprint density at radius 3 is 0.556 bits per heavy atom. The fourth-order valence-electron chi connectivity index (χ4n) is 0. The van der Waals surface area contributed by atoms with Gasteiger partial charge in [0.2, 0.25) is 0 Å². The Hall–Kier alpha value is 0.162. The van der Waals surface area contributed by atoms with E-state index in [2.05, 4.69) is 0 Å². The molecule has 0 fully saturated rings. The molecule has 0 aromatic carbocycles. The molecule has 0 aromatic heterocycles. The molecule has 0 radical (unpaired) electrons. The van der Waals surface area contributed by atoms with Crippen LogP contribution in [0, 0.1) is 0 Å². The second-order valence-electron chi connectivity index (χ2n) is 0.810. The molecule has 9 heteroatoms. The van der Waals surface area contributed by atoms with Gasteiger partial charge in [0.05, 0.1) is 0 Å². The van der Waals surface area contributed by atoms with Crippen molar-refractivity contribution in [3.05, 3.63) is 0 Å². The molecule has 2 nitrogen and oxygen atoms in total. The average molecular weight is 336 g/mol. The van der Waals surface area contributed by atoms with Gasteiger partial charge in [-0.15, -0.1) is 0 Å². The third-order valence-corrected chi connectivity index (χ3v) is 0. The van der Waals surface area contributed by atoms with Crippen LogP contribution in [-0.4, -0.2) is 0 Å². The Labute approximate surface area is 48.7 Å². The van der Waals surface area contributed by atoms with Crippen LogP contribution in [0.5, 0.6) is 0 Å². The summed E-state index contributed by atoms with van der Waals surface area (Å²) in [5.74, 6) is 0. The van der Waals surface area contributed by atoms with E-state index in [9.17, 15) is 19.3 Å². The van der Waals surface area contributed by atoms with Crippen LogP contribution in [0.3, 0.4) is 0 Å². The normalized spacial score (nSPS) is 18.0. The van der Waals surface area contributed by atoms with Crippen molar-refractivity contribution in [3.8, 4) is 0 Å². The van der Waals surface area contributed by atoms with E-state index in [1.807, 2.05) is 0 Å². The van der Waals surface area contributed by atoms with Crippen LogP contribution in [-0.2, 0) is 16.2 Å². The van der Waals surface area contributed by atoms with Gasteiger partial charge in [-0.3, -0.25) is 0 Å². The van der Waals surface area contributed by atoms with Crippen LogP contribution in [0.4, 0.5) is 19.3 Å². The van der Waals surface area contributed by atoms with Crippen molar-refractivity contribution in [2.24, 2.45) is 0 Å². The molecule has 0 aliphatic carbocycles. The van der Waals surface area contributed by atoms with Crippen LogP contribution in [0.1, 0.15) is 0 Å². The molecule has 0 atom stereocenters. The van der Waals surface area contributed by atoms with Gasteiger partial charge < -0.3 is 12.3 Å². The smallest absolute Gasteiger partial charge is 0.369 e. The van der Waals surface area contributed by atoms with E-state index < -0.39 is 16.2 Å². The zero-order valence-electron chi connectivity index (χ0n) is 4.65. The monoisotopic (exact) mass is 337 g/mol. The van der Waals surface area contributed by atoms with Gasteiger partial charge in [0.15, 0.2) is 0 Å². The number of hydrogen-bond donors (Lipinski definition) is 2. The summed E-state index contributed by atoms with van der Waals surface area (Å²) in [4.78, 5) is 0. The largest absolute Gasteiger partial charge is 0.369 e. The third kappa shape index (κ3) is 11800. The minimum absolute atomic E-state index is 0. The Morgan fingerprint density at radius 1 is 0.556 bits per heavy atom. The topological polar surface area (TPSA) is 73.0 Å². The molecule has 0 rings (SSSR count). The van der Waals surface area contributed by atoms with Crippen molar-refractivity contribution in [2.45, 2.75) is 0 Å². The first kappa shape index (κ1) is 16.1. The molecule has 0 amide bonds. The van der Waals surface area contributed by atoms with Crippen molar-refractivity contribution < 1.29 is 35.5 Å². The molecular weight excluding hydrogens is 328 g/mol. The zero-order valence-corrected chi connectivity index (χ0v) is 7.36. The maximum atomic E-state index is 9.93. The van der Waals surface area contributed by atoms with Crippen molar-refractivity contribution in [2.75, 3.05) is 0 Å². The van der Waals surface area contributed by atoms with Gasteiger partial charge in [-0.05, 0) is 0 Å². The van der Waals surface area contributed by atoms with E-state index in [4.69, 9.17) is 0 Å². The van der Waals surface area contributed by atoms with Crippen LogP contribution >= 0.6 is 0 Å². The van der Waals surface area contributed by atoms with Gasteiger partial charge in [0, 0.05) is 0 Å². The van der Waals surface area contributed by atoms with Gasteiger partial charge in [0.1, 0.15) is 0 Å². The van der Waals surface area contributed by atoms with E-state index in [1.165, 1.54) is 0 Å². The van der Waals surface area contributed by atoms with Gasteiger partial charge >= 0.3 is 35.5 Å². The molecule has 0 aromatic rings. The predicted molar refractivity (Wildman–Crippen MR) is 18.6 cm³/mol. The maximum absolute atomic E-state index is 11.3. The van der Waals surface area contributed by atoms with Crippen molar-refractivity contribution >= 4 is 0 Å². The van der Waals surface area contributed by atoms with E-state index in [1.54, 1.807) is 0 Å². The number of rotatable bonds is 0. The van der Waals surface area contributed by atoms with Crippen molar-refractivity contribution in [3.63, 3.8) is 0 Å². The van der Waals surface area contributed by atoms with E-state index >= 15 is 0 Å². The van der Waals surface area contributed by atoms with Crippen molar-refractivity contribution in [1.29, 1.82) is 0 Å². The summed E-state index contributed by atoms with van der Waals surface area (Å²) in [6.07, 6.45) is 0. The first-order chi connectivity index (χ1) is 2.45. The zero-order chi connectivity index (χ0) is 6.41. The van der Waals surface area contributed by atoms with Crippen LogP contribution < -0.4 is 12.3 Å². The molecule has 9 heavy (non-hydrogen) atoms. The summed E-state index contributed by atoms with van der Waals surface area (Å²) in [6, 6.07) is 0. The fraction of sp³-hybridized carbons (Fsp3) is 0. The van der Waals surface area contributed by atoms with E-state index in [0.717, 1.165) is 0 Å². The second-order valence-corrected chi connectivity index (χ2v) is 6.63. The van der Waals surface area contributed by atoms with E-state index in [-0.39, 0.29) is 12.3 Å². The summed E-state index contributed by atoms with van der Waals surface area (Å²) in [7, 11) is 0. The van der Waals surface area contributed by atoms with Gasteiger partial charge in [0.25, 0.3) is 0 Å². The predicted octanol–water partition coefficient (Wildman–Crippen LogP) is 3.27. The number of quaternary nitrogens is 2. The first-order valence-electron chi connectivity index (χ1n) is 0.857. The van der Waals surface area contributed by atoms with Crippen LogP contribution in [0.2, 0.25) is 0 Å². The Morgan fingerprint density at radius 2 is 0.556 bits per heavy atom. The third-order valence-electron chi connectivity index (χ3n) is 0. The van der Waals surface area contributed by atoms with Crippen LogP contribution in [0.15, 0.2) is 0 Å². The molecule has 0 aliphatic rings. The Balaban J connectivity index is -0.000000180. The molecule has 0 aliphatic heterocycles. The Kier molecular flexibility index (Phi) is 3.25. The summed E-state index contributed by atoms with van der Waals surface area (Å²) < 4.78 is 59.6. The van der Waals surface area contributed by atoms with Gasteiger partial charge in [-0.25, -0.2) is 0 Å². The van der Waals surface area contributed by atoms with Gasteiger partial charge in [-0.1, -0.05) is 0 Å². The molecule has 67 valence electrons. The molecule has 8 N–H and O–H groups in total. The number of hydrogen-bond acceptors (Lipinski definition) is 0. The SMILES string of the molecule is [F][Re-2]([F])([F])([F])([F])[F].[NH4+].[NH4+]. The standard InChI is InChI=1S/6FH.2H3N.Re/h6*1H;2*1H3;/q;;;;;;;;+4/p-4. The number of halogens is 6. The van der Waals surface area contributed by atoms with Crippen LogP contribution in [0.25, 0.3) is 0 Å². The summed E-state index contributed by atoms with van der Waals surface area (Å²) in [6.45, 7) is 0. The summed E-state index contributed by atoms with van der Waals surface area (Å²) in [5.41, 5.74) is 0. The molecule has 0 saturated carbocycles. The molecule has 0 heterocycles.